The van der Waals surface area contributed by atoms with Gasteiger partial charge in [0.15, 0.2) is 5.76 Å². The predicted octanol–water partition coefficient (Wildman–Crippen LogP) is 3.35. The van der Waals surface area contributed by atoms with Gasteiger partial charge in [-0.3, -0.25) is 4.79 Å². The van der Waals surface area contributed by atoms with E-state index in [9.17, 15) is 4.79 Å². The third kappa shape index (κ3) is 2.44. The van der Waals surface area contributed by atoms with Crippen LogP contribution in [0.5, 0.6) is 0 Å². The van der Waals surface area contributed by atoms with Gasteiger partial charge in [-0.15, -0.1) is 0 Å². The molecule has 4 heterocycles. The Hall–Kier alpha value is -2.86. The molecular weight excluding hydrogens is 354 g/mol. The Balaban J connectivity index is 1.34. The van der Waals surface area contributed by atoms with Crippen LogP contribution in [0.1, 0.15) is 29.0 Å². The minimum atomic E-state index is -0.121. The maximum Gasteiger partial charge on any atom is 0.255 e. The summed E-state index contributed by atoms with van der Waals surface area (Å²) in [4.78, 5) is 13.2. The quantitative estimate of drug-likeness (QED) is 0.759. The van der Waals surface area contributed by atoms with Crippen LogP contribution in [0.25, 0.3) is 17.1 Å². The largest absolute Gasteiger partial charge is 0.460 e. The highest BCUT2D eigenvalue weighted by Crippen LogP contribution is 2.58. The second-order valence-electron chi connectivity index (χ2n) is 8.10. The summed E-state index contributed by atoms with van der Waals surface area (Å²) in [6.07, 6.45) is 4.47. The third-order valence-electron chi connectivity index (χ3n) is 6.28. The zero-order chi connectivity index (χ0) is 18.8. The summed E-state index contributed by atoms with van der Waals surface area (Å²) in [6, 6.07) is 13.6. The van der Waals surface area contributed by atoms with Crippen LogP contribution in [0, 0.1) is 18.8 Å². The molecule has 1 N–H and O–H groups in total. The summed E-state index contributed by atoms with van der Waals surface area (Å²) in [5, 5.41) is 7.87. The number of rotatable bonds is 4. The highest BCUT2D eigenvalue weighted by Gasteiger charge is 2.63. The molecule has 1 aliphatic carbocycles. The molecule has 3 aromatic rings. The van der Waals surface area contributed by atoms with Gasteiger partial charge in [0.1, 0.15) is 11.5 Å². The summed E-state index contributed by atoms with van der Waals surface area (Å²) in [7, 11) is 0. The van der Waals surface area contributed by atoms with E-state index in [1.54, 1.807) is 10.9 Å². The second-order valence-corrected chi connectivity index (χ2v) is 8.10. The minimum Gasteiger partial charge on any atom is -0.460 e. The number of hydrogen-bond acceptors (Lipinski definition) is 4. The van der Waals surface area contributed by atoms with E-state index in [4.69, 9.17) is 9.15 Å². The topological polar surface area (TPSA) is 69.3 Å². The van der Waals surface area contributed by atoms with Crippen molar-refractivity contribution in [2.45, 2.75) is 38.0 Å². The van der Waals surface area contributed by atoms with Crippen molar-refractivity contribution in [3.05, 3.63) is 60.0 Å². The van der Waals surface area contributed by atoms with Crippen LogP contribution < -0.4 is 5.32 Å². The van der Waals surface area contributed by atoms with Crippen molar-refractivity contribution >= 4 is 5.91 Å². The van der Waals surface area contributed by atoms with Crippen LogP contribution in [0.4, 0.5) is 0 Å². The molecule has 2 aromatic heterocycles. The van der Waals surface area contributed by atoms with Gasteiger partial charge in [0.2, 0.25) is 0 Å². The van der Waals surface area contributed by atoms with Crippen LogP contribution in [-0.2, 0) is 4.74 Å². The van der Waals surface area contributed by atoms with E-state index < -0.39 is 0 Å². The molecule has 2 saturated heterocycles. The molecule has 6 nitrogen and oxygen atoms in total. The molecule has 6 heteroatoms. The monoisotopic (exact) mass is 375 g/mol. The zero-order valence-electron chi connectivity index (χ0n) is 15.5. The van der Waals surface area contributed by atoms with Gasteiger partial charge in [0.05, 0.1) is 29.5 Å². The van der Waals surface area contributed by atoms with Gasteiger partial charge >= 0.3 is 0 Å². The van der Waals surface area contributed by atoms with E-state index in [0.717, 1.165) is 23.8 Å². The predicted molar refractivity (Wildman–Crippen MR) is 102 cm³/mol. The number of nitrogens with zero attached hydrogens (tertiary/aromatic N) is 2. The van der Waals surface area contributed by atoms with Crippen molar-refractivity contribution in [2.24, 2.45) is 11.8 Å². The lowest BCUT2D eigenvalue weighted by Crippen LogP contribution is -2.42. The molecule has 142 valence electrons. The lowest BCUT2D eigenvalue weighted by Gasteiger charge is -2.19. The van der Waals surface area contributed by atoms with E-state index in [0.29, 0.717) is 29.0 Å². The van der Waals surface area contributed by atoms with E-state index in [1.165, 1.54) is 6.42 Å². The Kier molecular flexibility index (Phi) is 3.35. The number of para-hydroxylation sites is 1. The van der Waals surface area contributed by atoms with Gasteiger partial charge in [-0.1, -0.05) is 18.2 Å². The molecule has 28 heavy (non-hydrogen) atoms. The van der Waals surface area contributed by atoms with Gasteiger partial charge in [0.25, 0.3) is 5.91 Å². The molecule has 0 radical (unpaired) electrons. The van der Waals surface area contributed by atoms with E-state index in [1.807, 2.05) is 49.4 Å². The van der Waals surface area contributed by atoms with Crippen molar-refractivity contribution in [1.82, 2.24) is 15.1 Å². The summed E-state index contributed by atoms with van der Waals surface area (Å²) in [5.41, 5.74) is 1.98. The van der Waals surface area contributed by atoms with E-state index >= 15 is 0 Å². The second kappa shape index (κ2) is 5.82. The average Bonchev–Trinajstić information content (AvgIpc) is 3.07. The third-order valence-corrected chi connectivity index (χ3v) is 6.28. The first-order valence-electron chi connectivity index (χ1n) is 9.85. The van der Waals surface area contributed by atoms with Crippen molar-refractivity contribution in [1.29, 1.82) is 0 Å². The lowest BCUT2D eigenvalue weighted by atomic mass is 9.95. The number of nitrogens with one attached hydrogen (secondary N) is 1. The van der Waals surface area contributed by atoms with E-state index in [2.05, 4.69) is 10.4 Å². The highest BCUT2D eigenvalue weighted by molar-refractivity contribution is 5.99. The SMILES string of the molecule is Cc1ccc(-c2nn(-c3ccccc3)cc2C(=O)N[C@@H]2C[C@@H]3O[C@H]2[C@H]2C[C@H]23)o1. The Morgan fingerprint density at radius 2 is 2.00 bits per heavy atom. The van der Waals surface area contributed by atoms with Crippen LogP contribution >= 0.6 is 0 Å². The first kappa shape index (κ1) is 16.1. The number of ether oxygens (including phenoxy) is 1. The number of amides is 1. The molecule has 0 spiro atoms. The number of benzene rings is 1. The van der Waals surface area contributed by atoms with Crippen molar-refractivity contribution in [3.8, 4) is 17.1 Å². The molecule has 5 atom stereocenters. The Morgan fingerprint density at radius 1 is 1.14 bits per heavy atom. The first-order chi connectivity index (χ1) is 13.7. The molecule has 1 amide bonds. The summed E-state index contributed by atoms with van der Waals surface area (Å²) < 4.78 is 13.5. The van der Waals surface area contributed by atoms with Gasteiger partial charge in [0, 0.05) is 6.20 Å². The standard InChI is InChI=1S/C22H21N3O3/c1-12-7-8-18(27-12)20-16(11-25(24-20)13-5-3-2-4-6-13)22(26)23-17-10-19-14-9-15(14)21(17)28-19/h2-8,11,14-15,17,19,21H,9-10H2,1H3,(H,23,26)/t14-,15+,17-,19+,21+/m1/s1. The molecule has 2 bridgehead atoms. The summed E-state index contributed by atoms with van der Waals surface area (Å²) in [6.45, 7) is 1.89. The molecule has 0 unspecified atom stereocenters. The van der Waals surface area contributed by atoms with Crippen molar-refractivity contribution < 1.29 is 13.9 Å². The van der Waals surface area contributed by atoms with Crippen LogP contribution in [0.3, 0.4) is 0 Å². The number of aryl methyl sites for hydroxylation is 1. The Morgan fingerprint density at radius 3 is 2.71 bits per heavy atom. The molecule has 1 aromatic carbocycles. The molecule has 1 saturated carbocycles. The maximum atomic E-state index is 13.2. The molecule has 3 fully saturated rings. The summed E-state index contributed by atoms with van der Waals surface area (Å²) in [5.74, 6) is 2.65. The molecule has 2 aliphatic heterocycles. The summed E-state index contributed by atoms with van der Waals surface area (Å²) >= 11 is 0. The lowest BCUT2D eigenvalue weighted by molar-refractivity contribution is 0.0632. The van der Waals surface area contributed by atoms with Crippen LogP contribution in [0.15, 0.2) is 53.1 Å². The minimum absolute atomic E-state index is 0.0903. The normalized spacial score (nSPS) is 29.7. The van der Waals surface area contributed by atoms with Gasteiger partial charge in [-0.2, -0.15) is 5.10 Å². The van der Waals surface area contributed by atoms with Gasteiger partial charge < -0.3 is 14.5 Å². The van der Waals surface area contributed by atoms with Gasteiger partial charge in [-0.25, -0.2) is 4.68 Å². The number of fused-ring (bicyclic) bond motifs is 5. The van der Waals surface area contributed by atoms with Crippen molar-refractivity contribution in [2.75, 3.05) is 0 Å². The number of aromatic nitrogens is 2. The van der Waals surface area contributed by atoms with E-state index in [-0.39, 0.29) is 18.1 Å². The number of carbonyl (C=O) groups is 1. The van der Waals surface area contributed by atoms with Gasteiger partial charge in [-0.05, 0) is 55.9 Å². The van der Waals surface area contributed by atoms with Crippen LogP contribution in [-0.4, -0.2) is 33.9 Å². The molecular formula is C22H21N3O3. The maximum absolute atomic E-state index is 13.2. The zero-order valence-corrected chi connectivity index (χ0v) is 15.5. The fourth-order valence-corrected chi connectivity index (χ4v) is 4.84. The number of furan rings is 1. The Labute approximate surface area is 162 Å². The smallest absolute Gasteiger partial charge is 0.255 e. The first-order valence-corrected chi connectivity index (χ1v) is 9.85. The fourth-order valence-electron chi connectivity index (χ4n) is 4.84. The van der Waals surface area contributed by atoms with Crippen molar-refractivity contribution in [3.63, 3.8) is 0 Å². The van der Waals surface area contributed by atoms with Crippen LogP contribution in [0.2, 0.25) is 0 Å². The Bertz CT molecular complexity index is 1050. The fraction of sp³-hybridized carbons (Fsp3) is 0.364. The highest BCUT2D eigenvalue weighted by atomic mass is 16.5. The molecule has 6 rings (SSSR count). The molecule has 3 aliphatic rings. The average molecular weight is 375 g/mol. The number of carbonyl (C=O) groups excluding carboxylic acids is 1. The number of hydrogen-bond donors (Lipinski definition) is 1.